The van der Waals surface area contributed by atoms with Crippen LogP contribution >= 0.6 is 12.6 Å². The number of nitrogens with two attached hydrogens (primary N) is 1. The highest BCUT2D eigenvalue weighted by atomic mass is 32.1. The van der Waals surface area contributed by atoms with Gasteiger partial charge in [0.25, 0.3) is 0 Å². The number of aromatic nitrogens is 1. The second-order valence-electron chi connectivity index (χ2n) is 8.37. The van der Waals surface area contributed by atoms with E-state index >= 15 is 0 Å². The molecule has 2 aromatic rings. The number of fused-ring (bicyclic) bond motifs is 1. The molecule has 0 spiro atoms. The zero-order valence-electron chi connectivity index (χ0n) is 19.7. The van der Waals surface area contributed by atoms with Gasteiger partial charge in [-0.2, -0.15) is 12.6 Å². The number of thiol groups is 1. The topological polar surface area (TPSA) is 187 Å². The molecule has 5 atom stereocenters. The number of para-hydroxylation sites is 1. The van der Waals surface area contributed by atoms with Crippen molar-refractivity contribution in [1.29, 1.82) is 0 Å². The molecule has 2 rings (SSSR count). The largest absolute Gasteiger partial charge is 0.480 e. The molecule has 8 N–H and O–H groups in total. The van der Waals surface area contributed by atoms with Crippen LogP contribution < -0.4 is 21.7 Å². The zero-order chi connectivity index (χ0) is 26.1. The highest BCUT2D eigenvalue weighted by Crippen LogP contribution is 2.19. The van der Waals surface area contributed by atoms with Crippen LogP contribution in [0.1, 0.15) is 25.8 Å². The Morgan fingerprint density at radius 3 is 2.31 bits per heavy atom. The lowest BCUT2D eigenvalue weighted by molar-refractivity contribution is -0.142. The van der Waals surface area contributed by atoms with Crippen LogP contribution in [-0.2, 0) is 25.6 Å². The number of benzene rings is 1. The van der Waals surface area contributed by atoms with Gasteiger partial charge in [0.2, 0.25) is 17.7 Å². The molecule has 11 nitrogen and oxygen atoms in total. The van der Waals surface area contributed by atoms with Crippen LogP contribution in [0.15, 0.2) is 30.5 Å². The number of carbonyl (C=O) groups is 4. The molecule has 0 aliphatic heterocycles. The Kier molecular flexibility index (Phi) is 10.6. The third-order valence-electron chi connectivity index (χ3n) is 5.86. The monoisotopic (exact) mass is 507 g/mol. The molecule has 0 aliphatic rings. The molecule has 0 bridgehead atoms. The minimum absolute atomic E-state index is 0.174. The van der Waals surface area contributed by atoms with Crippen LogP contribution in [0.25, 0.3) is 10.9 Å². The fourth-order valence-electron chi connectivity index (χ4n) is 3.51. The van der Waals surface area contributed by atoms with E-state index in [1.54, 1.807) is 13.1 Å². The van der Waals surface area contributed by atoms with E-state index in [9.17, 15) is 24.3 Å². The first-order chi connectivity index (χ1) is 16.6. The Morgan fingerprint density at radius 2 is 1.71 bits per heavy atom. The number of H-pyrrole nitrogens is 1. The summed E-state index contributed by atoms with van der Waals surface area (Å²) < 4.78 is 0. The maximum atomic E-state index is 13.0. The second kappa shape index (κ2) is 13.1. The number of hydrogen-bond acceptors (Lipinski definition) is 7. The van der Waals surface area contributed by atoms with Gasteiger partial charge in [-0.25, -0.2) is 4.79 Å². The summed E-state index contributed by atoms with van der Waals surface area (Å²) in [5.41, 5.74) is 7.92. The Hall–Kier alpha value is -3.09. The third kappa shape index (κ3) is 7.44. The second-order valence-corrected chi connectivity index (χ2v) is 8.73. The number of amides is 3. The maximum absolute atomic E-state index is 13.0. The number of aliphatic carboxylic acids is 1. The number of aromatic amines is 1. The Balaban J connectivity index is 2.07. The minimum atomic E-state index is -1.41. The Bertz CT molecular complexity index is 1040. The SMILES string of the molecule is CCC(C)C(NC(=O)C(N)Cc1c[nH]c2ccccc12)C(=O)NC(CO)C(=O)NC(CS)C(=O)O. The molecule has 0 fully saturated rings. The van der Waals surface area contributed by atoms with Crippen molar-refractivity contribution in [3.8, 4) is 0 Å². The average molecular weight is 508 g/mol. The van der Waals surface area contributed by atoms with Crippen LogP contribution in [0, 0.1) is 5.92 Å². The van der Waals surface area contributed by atoms with Crippen LogP contribution in [0.2, 0.25) is 0 Å². The summed E-state index contributed by atoms with van der Waals surface area (Å²) in [6.45, 7) is 2.83. The maximum Gasteiger partial charge on any atom is 0.327 e. The van der Waals surface area contributed by atoms with Gasteiger partial charge in [-0.1, -0.05) is 38.5 Å². The highest BCUT2D eigenvalue weighted by molar-refractivity contribution is 7.80. The highest BCUT2D eigenvalue weighted by Gasteiger charge is 2.32. The van der Waals surface area contributed by atoms with E-state index in [0.717, 1.165) is 16.5 Å². The number of aliphatic hydroxyl groups is 1. The number of nitrogens with one attached hydrogen (secondary N) is 4. The molecule has 0 aliphatic carbocycles. The van der Waals surface area contributed by atoms with Crippen molar-refractivity contribution in [3.05, 3.63) is 36.0 Å². The molecule has 0 saturated carbocycles. The van der Waals surface area contributed by atoms with Gasteiger partial charge in [-0.05, 0) is 24.0 Å². The van der Waals surface area contributed by atoms with Crippen molar-refractivity contribution in [2.45, 2.75) is 50.9 Å². The summed E-state index contributed by atoms with van der Waals surface area (Å²) in [6.07, 6.45) is 2.57. The van der Waals surface area contributed by atoms with E-state index < -0.39 is 54.5 Å². The van der Waals surface area contributed by atoms with Gasteiger partial charge in [-0.15, -0.1) is 0 Å². The molecule has 1 aromatic carbocycles. The molecule has 0 radical (unpaired) electrons. The summed E-state index contributed by atoms with van der Waals surface area (Å²) in [5.74, 6) is -3.91. The van der Waals surface area contributed by atoms with Crippen LogP contribution in [0.5, 0.6) is 0 Å². The van der Waals surface area contributed by atoms with Crippen molar-refractivity contribution in [2.24, 2.45) is 11.7 Å². The van der Waals surface area contributed by atoms with Crippen molar-refractivity contribution in [2.75, 3.05) is 12.4 Å². The Morgan fingerprint density at radius 1 is 1.06 bits per heavy atom. The van der Waals surface area contributed by atoms with E-state index in [2.05, 4.69) is 33.6 Å². The van der Waals surface area contributed by atoms with Crippen LogP contribution in [0.4, 0.5) is 0 Å². The first-order valence-electron chi connectivity index (χ1n) is 11.3. The third-order valence-corrected chi connectivity index (χ3v) is 6.22. The smallest absolute Gasteiger partial charge is 0.327 e. The lowest BCUT2D eigenvalue weighted by Gasteiger charge is -2.27. The fourth-order valence-corrected chi connectivity index (χ4v) is 3.75. The summed E-state index contributed by atoms with van der Waals surface area (Å²) in [7, 11) is 0. The molecule has 12 heteroatoms. The van der Waals surface area contributed by atoms with E-state index in [1.165, 1.54) is 0 Å². The first kappa shape index (κ1) is 28.1. The van der Waals surface area contributed by atoms with Gasteiger partial charge in [0.05, 0.1) is 12.6 Å². The average Bonchev–Trinajstić information content (AvgIpc) is 3.25. The van der Waals surface area contributed by atoms with Crippen LogP contribution in [0.3, 0.4) is 0 Å². The normalized spacial score (nSPS) is 15.5. The number of rotatable bonds is 13. The zero-order valence-corrected chi connectivity index (χ0v) is 20.5. The number of carbonyl (C=O) groups excluding carboxylic acids is 3. The van der Waals surface area contributed by atoms with Crippen molar-refractivity contribution in [1.82, 2.24) is 20.9 Å². The molecule has 1 aromatic heterocycles. The molecule has 192 valence electrons. The van der Waals surface area contributed by atoms with Gasteiger partial charge in [-0.3, -0.25) is 14.4 Å². The fraction of sp³-hybridized carbons (Fsp3) is 0.478. The number of aliphatic hydroxyl groups excluding tert-OH is 1. The predicted octanol–water partition coefficient (Wildman–Crippen LogP) is -0.455. The molecular formula is C23H33N5O6S. The summed E-state index contributed by atoms with van der Waals surface area (Å²) in [4.78, 5) is 52.4. The first-order valence-corrected chi connectivity index (χ1v) is 11.9. The molecular weight excluding hydrogens is 474 g/mol. The van der Waals surface area contributed by atoms with Crippen molar-refractivity contribution < 1.29 is 29.4 Å². The quantitative estimate of drug-likeness (QED) is 0.169. The van der Waals surface area contributed by atoms with Gasteiger partial charge < -0.3 is 36.9 Å². The molecule has 0 saturated heterocycles. The molecule has 3 amide bonds. The summed E-state index contributed by atoms with van der Waals surface area (Å²) in [5, 5.41) is 26.9. The molecule has 35 heavy (non-hydrogen) atoms. The molecule has 1 heterocycles. The predicted molar refractivity (Wildman–Crippen MR) is 134 cm³/mol. The van der Waals surface area contributed by atoms with E-state index in [4.69, 9.17) is 10.8 Å². The van der Waals surface area contributed by atoms with Crippen molar-refractivity contribution in [3.63, 3.8) is 0 Å². The number of carboxylic acid groups (broad SMARTS) is 1. The summed E-state index contributed by atoms with van der Waals surface area (Å²) in [6, 6.07) is 2.96. The Labute approximate surface area is 208 Å². The number of hydrogen-bond donors (Lipinski definition) is 8. The van der Waals surface area contributed by atoms with E-state index in [-0.39, 0.29) is 18.1 Å². The van der Waals surface area contributed by atoms with Gasteiger partial charge in [0.1, 0.15) is 18.1 Å². The number of carboxylic acids is 1. The van der Waals surface area contributed by atoms with Crippen molar-refractivity contribution >= 4 is 47.2 Å². The standard InChI is InChI=1S/C23H33N5O6S/c1-3-12(2)19(22(32)26-17(10-29)21(31)27-18(11-35)23(33)34)28-20(30)15(24)8-13-9-25-16-7-5-4-6-14(13)16/h4-7,9,12,15,17-19,25,29,35H,3,8,10-11,24H2,1-2H3,(H,26,32)(H,27,31)(H,28,30)(H,33,34). The summed E-state index contributed by atoms with van der Waals surface area (Å²) >= 11 is 3.87. The van der Waals surface area contributed by atoms with Gasteiger partial charge in [0, 0.05) is 22.9 Å². The van der Waals surface area contributed by atoms with Gasteiger partial charge in [0.15, 0.2) is 0 Å². The minimum Gasteiger partial charge on any atom is -0.480 e. The van der Waals surface area contributed by atoms with E-state index in [1.807, 2.05) is 31.2 Å². The lowest BCUT2D eigenvalue weighted by atomic mass is 9.97. The van der Waals surface area contributed by atoms with Crippen LogP contribution in [-0.4, -0.2) is 75.4 Å². The lowest BCUT2D eigenvalue weighted by Crippen LogP contribution is -2.59. The molecule has 5 unspecified atom stereocenters. The van der Waals surface area contributed by atoms with Gasteiger partial charge >= 0.3 is 5.97 Å². The van der Waals surface area contributed by atoms with E-state index in [0.29, 0.717) is 6.42 Å².